The van der Waals surface area contributed by atoms with Gasteiger partial charge < -0.3 is 10.1 Å². The fraction of sp³-hybridized carbons (Fsp3) is 0.304. The Morgan fingerprint density at radius 1 is 0.968 bits per heavy atom. The highest BCUT2D eigenvalue weighted by Gasteiger charge is 2.13. The van der Waals surface area contributed by atoms with Crippen LogP contribution in [0.5, 0.6) is 0 Å². The Bertz CT molecular complexity index is 957. The van der Waals surface area contributed by atoms with Crippen LogP contribution in [-0.2, 0) is 30.8 Å². The first-order valence-electron chi connectivity index (χ1n) is 10.1. The first kappa shape index (κ1) is 24.3. The van der Waals surface area contributed by atoms with Crippen LogP contribution in [-0.4, -0.2) is 33.4 Å². The van der Waals surface area contributed by atoms with Crippen LogP contribution in [0.4, 0.5) is 5.69 Å². The van der Waals surface area contributed by atoms with Gasteiger partial charge in [0.2, 0.25) is 15.9 Å². The van der Waals surface area contributed by atoms with Gasteiger partial charge in [0.15, 0.2) is 0 Å². The van der Waals surface area contributed by atoms with E-state index in [2.05, 4.69) is 16.6 Å². The lowest BCUT2D eigenvalue weighted by Gasteiger charge is -2.08. The van der Waals surface area contributed by atoms with Gasteiger partial charge in [-0.1, -0.05) is 36.4 Å². The molecule has 0 spiro atoms. The number of ether oxygens (including phenoxy) is 1. The van der Waals surface area contributed by atoms with Crippen molar-refractivity contribution in [3.05, 3.63) is 72.8 Å². The van der Waals surface area contributed by atoms with Gasteiger partial charge in [-0.15, -0.1) is 6.58 Å². The number of anilines is 1. The van der Waals surface area contributed by atoms with Crippen LogP contribution in [0, 0.1) is 0 Å². The standard InChI is InChI=1S/C23H28N2O5S/c1-2-17-24-31(28,29)21-15-13-20(14-16-21)25-22(26)11-6-12-23(27)30-18-7-10-19-8-4-3-5-9-19/h2-5,8-9,13-16,24H,1,6-7,10-12,17-18H2,(H,25,26). The van der Waals surface area contributed by atoms with E-state index in [4.69, 9.17) is 4.74 Å². The molecule has 0 unspecified atom stereocenters. The van der Waals surface area contributed by atoms with Gasteiger partial charge in [-0.3, -0.25) is 9.59 Å². The van der Waals surface area contributed by atoms with E-state index in [1.165, 1.54) is 35.9 Å². The van der Waals surface area contributed by atoms with Crippen molar-refractivity contribution in [3.8, 4) is 0 Å². The zero-order valence-electron chi connectivity index (χ0n) is 17.4. The maximum Gasteiger partial charge on any atom is 0.305 e. The number of nitrogens with one attached hydrogen (secondary N) is 2. The molecule has 2 aromatic carbocycles. The summed E-state index contributed by atoms with van der Waals surface area (Å²) in [6, 6.07) is 15.8. The Balaban J connectivity index is 1.64. The molecule has 2 aromatic rings. The highest BCUT2D eigenvalue weighted by molar-refractivity contribution is 7.89. The molecule has 0 saturated carbocycles. The van der Waals surface area contributed by atoms with Crippen LogP contribution in [0.1, 0.15) is 31.2 Å². The predicted octanol–water partition coefficient (Wildman–Crippen LogP) is 3.44. The maximum atomic E-state index is 12.0. The summed E-state index contributed by atoms with van der Waals surface area (Å²) in [6.45, 7) is 3.96. The van der Waals surface area contributed by atoms with Crippen molar-refractivity contribution in [1.29, 1.82) is 0 Å². The summed E-state index contributed by atoms with van der Waals surface area (Å²) in [5.74, 6) is -0.570. The van der Waals surface area contributed by atoms with E-state index in [9.17, 15) is 18.0 Å². The van der Waals surface area contributed by atoms with Crippen molar-refractivity contribution in [3.63, 3.8) is 0 Å². The van der Waals surface area contributed by atoms with E-state index in [0.717, 1.165) is 12.8 Å². The fourth-order valence-electron chi connectivity index (χ4n) is 2.77. The molecule has 0 atom stereocenters. The maximum absolute atomic E-state index is 12.0. The molecular weight excluding hydrogens is 416 g/mol. The molecule has 0 saturated heterocycles. The van der Waals surface area contributed by atoms with E-state index in [1.54, 1.807) is 0 Å². The highest BCUT2D eigenvalue weighted by atomic mass is 32.2. The van der Waals surface area contributed by atoms with Crippen LogP contribution in [0.25, 0.3) is 0 Å². The van der Waals surface area contributed by atoms with E-state index in [1.807, 2.05) is 30.3 Å². The van der Waals surface area contributed by atoms with Gasteiger partial charge in [-0.2, -0.15) is 0 Å². The van der Waals surface area contributed by atoms with Crippen LogP contribution < -0.4 is 10.0 Å². The number of hydrogen-bond donors (Lipinski definition) is 2. The second kappa shape index (κ2) is 12.7. The van der Waals surface area contributed by atoms with Crippen molar-refractivity contribution in [2.45, 2.75) is 37.0 Å². The molecule has 0 aromatic heterocycles. The molecule has 0 bridgehead atoms. The van der Waals surface area contributed by atoms with E-state index >= 15 is 0 Å². The summed E-state index contributed by atoms with van der Waals surface area (Å²) in [7, 11) is -3.60. The van der Waals surface area contributed by atoms with Gasteiger partial charge in [-0.25, -0.2) is 13.1 Å². The number of carbonyl (C=O) groups is 2. The number of rotatable bonds is 13. The lowest BCUT2D eigenvalue weighted by atomic mass is 10.1. The average molecular weight is 445 g/mol. The van der Waals surface area contributed by atoms with Crippen LogP contribution >= 0.6 is 0 Å². The lowest BCUT2D eigenvalue weighted by molar-refractivity contribution is -0.143. The molecule has 2 N–H and O–H groups in total. The second-order valence-electron chi connectivity index (χ2n) is 6.88. The second-order valence-corrected chi connectivity index (χ2v) is 8.64. The Labute approximate surface area is 183 Å². The van der Waals surface area contributed by atoms with Crippen LogP contribution in [0.15, 0.2) is 72.1 Å². The molecule has 31 heavy (non-hydrogen) atoms. The van der Waals surface area contributed by atoms with Crippen molar-refractivity contribution in [2.75, 3.05) is 18.5 Å². The van der Waals surface area contributed by atoms with E-state index in [0.29, 0.717) is 18.7 Å². The van der Waals surface area contributed by atoms with Crippen molar-refractivity contribution < 1.29 is 22.7 Å². The topological polar surface area (TPSA) is 102 Å². The Morgan fingerprint density at radius 2 is 1.68 bits per heavy atom. The van der Waals surface area contributed by atoms with Gasteiger partial charge >= 0.3 is 5.97 Å². The normalized spacial score (nSPS) is 11.0. The van der Waals surface area contributed by atoms with Gasteiger partial charge in [-0.05, 0) is 49.1 Å². The third kappa shape index (κ3) is 9.15. The number of carbonyl (C=O) groups excluding carboxylic acids is 2. The first-order valence-corrected chi connectivity index (χ1v) is 11.6. The largest absolute Gasteiger partial charge is 0.466 e. The zero-order chi connectivity index (χ0) is 22.5. The van der Waals surface area contributed by atoms with E-state index in [-0.39, 0.29) is 36.2 Å². The molecule has 0 fully saturated rings. The minimum absolute atomic E-state index is 0.0994. The SMILES string of the molecule is C=CCNS(=O)(=O)c1ccc(NC(=O)CCCC(=O)OCCCc2ccccc2)cc1. The molecular formula is C23H28N2O5S. The molecule has 0 aliphatic heterocycles. The average Bonchev–Trinajstić information content (AvgIpc) is 2.76. The minimum atomic E-state index is -3.60. The van der Waals surface area contributed by atoms with E-state index < -0.39 is 10.0 Å². The van der Waals surface area contributed by atoms with Gasteiger partial charge in [0, 0.05) is 25.1 Å². The van der Waals surface area contributed by atoms with Crippen LogP contribution in [0.3, 0.4) is 0 Å². The van der Waals surface area contributed by atoms with Gasteiger partial charge in [0.05, 0.1) is 11.5 Å². The third-order valence-electron chi connectivity index (χ3n) is 4.37. The lowest BCUT2D eigenvalue weighted by Crippen LogP contribution is -2.23. The number of aryl methyl sites for hydroxylation is 1. The Morgan fingerprint density at radius 3 is 2.35 bits per heavy atom. The summed E-state index contributed by atoms with van der Waals surface area (Å²) >= 11 is 0. The Hall–Kier alpha value is -2.97. The van der Waals surface area contributed by atoms with Gasteiger partial charge in [0.25, 0.3) is 0 Å². The van der Waals surface area contributed by atoms with Gasteiger partial charge in [0.1, 0.15) is 0 Å². The van der Waals surface area contributed by atoms with Crippen molar-refractivity contribution >= 4 is 27.6 Å². The molecule has 8 heteroatoms. The number of benzene rings is 2. The number of sulfonamides is 1. The summed E-state index contributed by atoms with van der Waals surface area (Å²) in [5.41, 5.74) is 1.69. The summed E-state index contributed by atoms with van der Waals surface area (Å²) in [4.78, 5) is 23.9. The molecule has 2 rings (SSSR count). The quantitative estimate of drug-likeness (QED) is 0.280. The molecule has 0 radical (unpaired) electrons. The monoisotopic (exact) mass is 444 g/mol. The number of hydrogen-bond acceptors (Lipinski definition) is 5. The smallest absolute Gasteiger partial charge is 0.305 e. The molecule has 0 aliphatic carbocycles. The predicted molar refractivity (Wildman–Crippen MR) is 120 cm³/mol. The molecule has 7 nitrogen and oxygen atoms in total. The summed E-state index contributed by atoms with van der Waals surface area (Å²) in [6.07, 6.45) is 3.77. The third-order valence-corrected chi connectivity index (χ3v) is 5.81. The number of esters is 1. The zero-order valence-corrected chi connectivity index (χ0v) is 18.2. The molecule has 166 valence electrons. The Kier molecular flexibility index (Phi) is 9.93. The highest BCUT2D eigenvalue weighted by Crippen LogP contribution is 2.14. The minimum Gasteiger partial charge on any atom is -0.466 e. The fourth-order valence-corrected chi connectivity index (χ4v) is 3.76. The molecule has 1 amide bonds. The molecule has 0 heterocycles. The van der Waals surface area contributed by atoms with Crippen molar-refractivity contribution in [1.82, 2.24) is 4.72 Å². The number of amides is 1. The summed E-state index contributed by atoms with van der Waals surface area (Å²) in [5, 5.41) is 2.69. The molecule has 0 aliphatic rings. The first-order chi connectivity index (χ1) is 14.9. The van der Waals surface area contributed by atoms with Crippen molar-refractivity contribution in [2.24, 2.45) is 0 Å². The van der Waals surface area contributed by atoms with Crippen LogP contribution in [0.2, 0.25) is 0 Å². The summed E-state index contributed by atoms with van der Waals surface area (Å²) < 4.78 is 31.6.